The number of hydrogen-bond acceptors (Lipinski definition) is 2. The quantitative estimate of drug-likeness (QED) is 0.888. The van der Waals surface area contributed by atoms with Crippen molar-refractivity contribution < 1.29 is 8.39 Å². The average Bonchev–Trinajstić information content (AvgIpc) is 2.57. The van der Waals surface area contributed by atoms with Gasteiger partial charge in [0.25, 0.3) is 0 Å². The van der Waals surface area contributed by atoms with Gasteiger partial charge < -0.3 is 9.17 Å². The van der Waals surface area contributed by atoms with Crippen molar-refractivity contribution in [2.24, 2.45) is 0 Å². The van der Waals surface area contributed by atoms with Crippen LogP contribution in [0.25, 0.3) is 10.9 Å². The Morgan fingerprint density at radius 3 is 2.94 bits per heavy atom. The highest BCUT2D eigenvalue weighted by molar-refractivity contribution is 7.80. The SMILES string of the molecule is CCCS(=O)Oc1ccc2[nH]c(C)cc2c1. The second-order valence-corrected chi connectivity index (χ2v) is 4.98. The summed E-state index contributed by atoms with van der Waals surface area (Å²) in [6.07, 6.45) is 0.859. The standard InChI is InChI=1S/C12H15NO2S/c1-3-6-16(14)15-11-4-5-12-10(8-11)7-9(2)13-12/h4-5,7-8,13H,3,6H2,1-2H3. The molecule has 0 fully saturated rings. The van der Waals surface area contributed by atoms with Crippen molar-refractivity contribution in [3.05, 3.63) is 30.0 Å². The highest BCUT2D eigenvalue weighted by Crippen LogP contribution is 2.21. The van der Waals surface area contributed by atoms with Gasteiger partial charge in [0.1, 0.15) is 5.75 Å². The second kappa shape index (κ2) is 4.70. The summed E-state index contributed by atoms with van der Waals surface area (Å²) in [5.74, 6) is 1.24. The number of H-pyrrole nitrogens is 1. The zero-order chi connectivity index (χ0) is 11.5. The third-order valence-corrected chi connectivity index (χ3v) is 3.41. The molecule has 0 spiro atoms. The van der Waals surface area contributed by atoms with Crippen LogP contribution in [0.1, 0.15) is 19.0 Å². The molecular weight excluding hydrogens is 222 g/mol. The first kappa shape index (κ1) is 11.2. The molecule has 0 amide bonds. The maximum atomic E-state index is 11.4. The average molecular weight is 237 g/mol. The molecule has 2 rings (SSSR count). The van der Waals surface area contributed by atoms with E-state index in [-0.39, 0.29) is 0 Å². The van der Waals surface area contributed by atoms with Gasteiger partial charge >= 0.3 is 0 Å². The van der Waals surface area contributed by atoms with Gasteiger partial charge in [-0.25, -0.2) is 4.21 Å². The topological polar surface area (TPSA) is 42.1 Å². The van der Waals surface area contributed by atoms with Gasteiger partial charge in [0.15, 0.2) is 0 Å². The summed E-state index contributed by atoms with van der Waals surface area (Å²) < 4.78 is 16.8. The van der Waals surface area contributed by atoms with Crippen LogP contribution in [0.4, 0.5) is 0 Å². The van der Waals surface area contributed by atoms with E-state index < -0.39 is 11.1 Å². The molecule has 2 aromatic rings. The normalized spacial score (nSPS) is 12.9. The molecule has 1 unspecified atom stereocenters. The maximum Gasteiger partial charge on any atom is 0.206 e. The zero-order valence-corrected chi connectivity index (χ0v) is 10.3. The predicted octanol–water partition coefficient (Wildman–Crippen LogP) is 2.93. The number of rotatable bonds is 4. The van der Waals surface area contributed by atoms with Crippen LogP contribution < -0.4 is 4.18 Å². The molecule has 1 heterocycles. The lowest BCUT2D eigenvalue weighted by atomic mass is 10.2. The minimum atomic E-state index is -1.22. The fraction of sp³-hybridized carbons (Fsp3) is 0.333. The molecule has 4 heteroatoms. The van der Waals surface area contributed by atoms with Crippen molar-refractivity contribution in [2.75, 3.05) is 5.75 Å². The van der Waals surface area contributed by atoms with E-state index in [0.29, 0.717) is 11.5 Å². The fourth-order valence-electron chi connectivity index (χ4n) is 1.62. The Hall–Kier alpha value is -1.29. The van der Waals surface area contributed by atoms with Gasteiger partial charge in [-0.1, -0.05) is 6.92 Å². The molecule has 0 aliphatic heterocycles. The van der Waals surface area contributed by atoms with Crippen molar-refractivity contribution in [1.82, 2.24) is 4.98 Å². The van der Waals surface area contributed by atoms with Crippen molar-refractivity contribution in [1.29, 1.82) is 0 Å². The molecule has 1 atom stereocenters. The van der Waals surface area contributed by atoms with Crippen molar-refractivity contribution in [3.8, 4) is 5.75 Å². The minimum absolute atomic E-state index is 0.574. The minimum Gasteiger partial charge on any atom is -0.401 e. The number of aromatic amines is 1. The molecule has 0 saturated heterocycles. The van der Waals surface area contributed by atoms with Crippen LogP contribution in [0, 0.1) is 6.92 Å². The van der Waals surface area contributed by atoms with Crippen LogP contribution >= 0.6 is 0 Å². The molecule has 0 aliphatic carbocycles. The number of aromatic nitrogens is 1. The molecule has 0 saturated carbocycles. The predicted molar refractivity (Wildman–Crippen MR) is 67.0 cm³/mol. The van der Waals surface area contributed by atoms with Gasteiger partial charge in [0.05, 0.1) is 5.75 Å². The third-order valence-electron chi connectivity index (χ3n) is 2.29. The van der Waals surface area contributed by atoms with Gasteiger partial charge in [0.2, 0.25) is 11.1 Å². The highest BCUT2D eigenvalue weighted by atomic mass is 32.2. The third kappa shape index (κ3) is 2.44. The summed E-state index contributed by atoms with van der Waals surface area (Å²) in [4.78, 5) is 3.23. The van der Waals surface area contributed by atoms with Crippen LogP contribution in [0.5, 0.6) is 5.75 Å². The van der Waals surface area contributed by atoms with E-state index in [9.17, 15) is 4.21 Å². The Labute approximate surface area is 97.5 Å². The first-order valence-corrected chi connectivity index (χ1v) is 6.59. The van der Waals surface area contributed by atoms with Crippen LogP contribution in [-0.2, 0) is 11.1 Å². The van der Waals surface area contributed by atoms with Gasteiger partial charge in [-0.2, -0.15) is 0 Å². The summed E-state index contributed by atoms with van der Waals surface area (Å²) in [5, 5.41) is 1.09. The molecular formula is C12H15NO2S. The summed E-state index contributed by atoms with van der Waals surface area (Å²) in [5.41, 5.74) is 2.19. The first-order valence-electron chi connectivity index (χ1n) is 5.35. The molecule has 1 N–H and O–H groups in total. The van der Waals surface area contributed by atoms with Crippen molar-refractivity contribution >= 4 is 22.0 Å². The summed E-state index contributed by atoms with van der Waals surface area (Å²) in [6, 6.07) is 7.74. The smallest absolute Gasteiger partial charge is 0.206 e. The van der Waals surface area contributed by atoms with E-state index in [1.165, 1.54) is 0 Å². The first-order chi connectivity index (χ1) is 7.69. The van der Waals surface area contributed by atoms with Gasteiger partial charge in [-0.05, 0) is 37.6 Å². The van der Waals surface area contributed by atoms with Gasteiger partial charge in [0, 0.05) is 16.6 Å². The molecule has 0 bridgehead atoms. The lowest BCUT2D eigenvalue weighted by Gasteiger charge is -2.03. The van der Waals surface area contributed by atoms with Crippen LogP contribution in [0.3, 0.4) is 0 Å². The van der Waals surface area contributed by atoms with E-state index in [1.54, 1.807) is 0 Å². The number of hydrogen-bond donors (Lipinski definition) is 1. The largest absolute Gasteiger partial charge is 0.401 e. The number of benzene rings is 1. The summed E-state index contributed by atoms with van der Waals surface area (Å²) in [6.45, 7) is 4.00. The second-order valence-electron chi connectivity index (χ2n) is 3.79. The van der Waals surface area contributed by atoms with E-state index in [4.69, 9.17) is 4.18 Å². The number of nitrogens with one attached hydrogen (secondary N) is 1. The Morgan fingerprint density at radius 2 is 2.19 bits per heavy atom. The maximum absolute atomic E-state index is 11.4. The monoisotopic (exact) mass is 237 g/mol. The van der Waals surface area contributed by atoms with E-state index in [1.807, 2.05) is 38.1 Å². The van der Waals surface area contributed by atoms with Gasteiger partial charge in [-0.3, -0.25) is 0 Å². The summed E-state index contributed by atoms with van der Waals surface area (Å²) in [7, 11) is 0. The molecule has 86 valence electrons. The number of aryl methyl sites for hydroxylation is 1. The molecule has 0 aliphatic rings. The highest BCUT2D eigenvalue weighted by Gasteiger charge is 2.03. The van der Waals surface area contributed by atoms with Gasteiger partial charge in [-0.15, -0.1) is 0 Å². The molecule has 1 aromatic heterocycles. The molecule has 3 nitrogen and oxygen atoms in total. The van der Waals surface area contributed by atoms with E-state index in [2.05, 4.69) is 4.98 Å². The molecule has 1 aromatic carbocycles. The van der Waals surface area contributed by atoms with Crippen LogP contribution in [0.2, 0.25) is 0 Å². The zero-order valence-electron chi connectivity index (χ0n) is 9.45. The lowest BCUT2D eigenvalue weighted by molar-refractivity contribution is 0.561. The van der Waals surface area contributed by atoms with Crippen LogP contribution in [0.15, 0.2) is 24.3 Å². The lowest BCUT2D eigenvalue weighted by Crippen LogP contribution is -2.03. The van der Waals surface area contributed by atoms with E-state index in [0.717, 1.165) is 23.0 Å². The Balaban J connectivity index is 2.22. The summed E-state index contributed by atoms with van der Waals surface area (Å²) >= 11 is -1.22. The molecule has 16 heavy (non-hydrogen) atoms. The van der Waals surface area contributed by atoms with Crippen molar-refractivity contribution in [3.63, 3.8) is 0 Å². The van der Waals surface area contributed by atoms with Crippen LogP contribution in [-0.4, -0.2) is 14.9 Å². The fourth-order valence-corrected chi connectivity index (χ4v) is 2.36. The molecule has 0 radical (unpaired) electrons. The Bertz CT molecular complexity index is 519. The Morgan fingerprint density at radius 1 is 1.38 bits per heavy atom. The Kier molecular flexibility index (Phi) is 3.29. The number of fused-ring (bicyclic) bond motifs is 1. The van der Waals surface area contributed by atoms with E-state index >= 15 is 0 Å². The van der Waals surface area contributed by atoms with Crippen molar-refractivity contribution in [2.45, 2.75) is 20.3 Å².